The molecule has 3 aromatic rings. The Morgan fingerprint density at radius 1 is 1.30 bits per heavy atom. The van der Waals surface area contributed by atoms with Gasteiger partial charge in [-0.05, 0) is 19.9 Å². The minimum atomic E-state index is -1.16. The van der Waals surface area contributed by atoms with Crippen LogP contribution in [0.25, 0.3) is 0 Å². The van der Waals surface area contributed by atoms with E-state index in [4.69, 9.17) is 16.7 Å². The van der Waals surface area contributed by atoms with Crippen LogP contribution in [0.4, 0.5) is 5.82 Å². The third-order valence-electron chi connectivity index (χ3n) is 3.92. The molecule has 1 amide bonds. The Balaban J connectivity index is 1.68. The molecule has 11 heteroatoms. The smallest absolute Gasteiger partial charge is 0.356 e. The van der Waals surface area contributed by atoms with Crippen molar-refractivity contribution in [2.75, 3.05) is 5.32 Å². The molecule has 10 nitrogen and oxygen atoms in total. The molecule has 142 valence electrons. The number of carboxylic acids is 1. The maximum atomic E-state index is 12.4. The Morgan fingerprint density at radius 2 is 2.07 bits per heavy atom. The molecule has 0 bridgehead atoms. The molecule has 0 saturated heterocycles. The fraction of sp³-hybridized carbons (Fsp3) is 0.312. The maximum absolute atomic E-state index is 12.4. The van der Waals surface area contributed by atoms with Gasteiger partial charge >= 0.3 is 5.97 Å². The predicted octanol–water partition coefficient (Wildman–Crippen LogP) is 1.90. The standard InChI is InChI=1S/C16H18ClN7O3/c1-3-22-7-11(6-18-22)8-23-9-12(17)14(21-23)19-15(25)10(2)24-5-4-13(20-24)16(26)27/h4-7,9-10H,3,8H2,1-2H3,(H,26,27)(H,19,21,25). The van der Waals surface area contributed by atoms with Gasteiger partial charge in [0.25, 0.3) is 0 Å². The topological polar surface area (TPSA) is 120 Å². The van der Waals surface area contributed by atoms with Crippen molar-refractivity contribution in [2.24, 2.45) is 0 Å². The van der Waals surface area contributed by atoms with Crippen molar-refractivity contribution in [1.82, 2.24) is 29.3 Å². The lowest BCUT2D eigenvalue weighted by molar-refractivity contribution is -0.119. The molecule has 0 radical (unpaired) electrons. The minimum absolute atomic E-state index is 0.135. The summed E-state index contributed by atoms with van der Waals surface area (Å²) >= 11 is 6.17. The van der Waals surface area contributed by atoms with Crippen molar-refractivity contribution in [1.29, 1.82) is 0 Å². The normalized spacial score (nSPS) is 12.1. The Hall–Kier alpha value is -3.14. The van der Waals surface area contributed by atoms with Crippen LogP contribution < -0.4 is 5.32 Å². The van der Waals surface area contributed by atoms with Crippen molar-refractivity contribution >= 4 is 29.3 Å². The van der Waals surface area contributed by atoms with Crippen LogP contribution >= 0.6 is 11.6 Å². The Morgan fingerprint density at radius 3 is 2.70 bits per heavy atom. The number of aromatic carboxylic acids is 1. The highest BCUT2D eigenvalue weighted by Crippen LogP contribution is 2.21. The van der Waals surface area contributed by atoms with Gasteiger partial charge in [-0.25, -0.2) is 4.79 Å². The molecule has 0 aliphatic heterocycles. The first-order chi connectivity index (χ1) is 12.9. The van der Waals surface area contributed by atoms with Crippen LogP contribution in [0.3, 0.4) is 0 Å². The van der Waals surface area contributed by atoms with Crippen molar-refractivity contribution in [2.45, 2.75) is 33.0 Å². The number of anilines is 1. The number of aryl methyl sites for hydroxylation is 1. The van der Waals surface area contributed by atoms with E-state index in [1.165, 1.54) is 16.9 Å². The van der Waals surface area contributed by atoms with Crippen molar-refractivity contribution in [3.8, 4) is 0 Å². The quantitative estimate of drug-likeness (QED) is 0.634. The summed E-state index contributed by atoms with van der Waals surface area (Å²) in [6.45, 7) is 4.83. The van der Waals surface area contributed by atoms with Gasteiger partial charge in [0, 0.05) is 30.7 Å². The van der Waals surface area contributed by atoms with E-state index in [0.717, 1.165) is 12.1 Å². The molecule has 1 unspecified atom stereocenters. The first kappa shape index (κ1) is 18.6. The predicted molar refractivity (Wildman–Crippen MR) is 96.8 cm³/mol. The number of amides is 1. The van der Waals surface area contributed by atoms with Gasteiger partial charge in [0.2, 0.25) is 5.91 Å². The summed E-state index contributed by atoms with van der Waals surface area (Å²) in [7, 11) is 0. The number of carbonyl (C=O) groups is 2. The van der Waals surface area contributed by atoms with Crippen LogP contribution in [0, 0.1) is 0 Å². The van der Waals surface area contributed by atoms with Crippen LogP contribution in [-0.2, 0) is 17.9 Å². The van der Waals surface area contributed by atoms with E-state index < -0.39 is 17.9 Å². The van der Waals surface area contributed by atoms with Crippen LogP contribution in [-0.4, -0.2) is 46.3 Å². The molecule has 0 spiro atoms. The first-order valence-electron chi connectivity index (χ1n) is 8.21. The van der Waals surface area contributed by atoms with E-state index in [1.807, 2.05) is 13.1 Å². The van der Waals surface area contributed by atoms with E-state index in [9.17, 15) is 9.59 Å². The fourth-order valence-corrected chi connectivity index (χ4v) is 2.62. The van der Waals surface area contributed by atoms with Gasteiger partial charge in [0.15, 0.2) is 11.5 Å². The van der Waals surface area contributed by atoms with Gasteiger partial charge in [-0.3, -0.25) is 18.8 Å². The zero-order chi connectivity index (χ0) is 19.6. The summed E-state index contributed by atoms with van der Waals surface area (Å²) < 4.78 is 4.68. The number of carbonyl (C=O) groups excluding carboxylic acids is 1. The van der Waals surface area contributed by atoms with E-state index in [-0.39, 0.29) is 11.5 Å². The van der Waals surface area contributed by atoms with Crippen molar-refractivity contribution < 1.29 is 14.7 Å². The molecule has 1 atom stereocenters. The first-order valence-corrected chi connectivity index (χ1v) is 8.58. The third-order valence-corrected chi connectivity index (χ3v) is 4.19. The minimum Gasteiger partial charge on any atom is -0.476 e. The van der Waals surface area contributed by atoms with Gasteiger partial charge in [0.05, 0.1) is 12.7 Å². The third kappa shape index (κ3) is 4.17. The number of carboxylic acid groups (broad SMARTS) is 1. The van der Waals surface area contributed by atoms with Gasteiger partial charge in [-0.15, -0.1) is 0 Å². The molecule has 0 aromatic carbocycles. The highest BCUT2D eigenvalue weighted by Gasteiger charge is 2.20. The number of aromatic nitrogens is 6. The second-order valence-electron chi connectivity index (χ2n) is 5.88. The summed E-state index contributed by atoms with van der Waals surface area (Å²) in [5.74, 6) is -1.35. The van der Waals surface area contributed by atoms with Gasteiger partial charge in [0.1, 0.15) is 11.1 Å². The average Bonchev–Trinajstić information content (AvgIpc) is 3.35. The van der Waals surface area contributed by atoms with Gasteiger partial charge < -0.3 is 10.4 Å². The molecule has 0 saturated carbocycles. The lowest BCUT2D eigenvalue weighted by Crippen LogP contribution is -2.24. The van der Waals surface area contributed by atoms with Gasteiger partial charge in [-0.2, -0.15) is 15.3 Å². The number of hydrogen-bond acceptors (Lipinski definition) is 5. The largest absolute Gasteiger partial charge is 0.476 e. The van der Waals surface area contributed by atoms with Crippen molar-refractivity contribution in [3.05, 3.63) is 47.1 Å². The number of hydrogen-bond donors (Lipinski definition) is 2. The lowest BCUT2D eigenvalue weighted by atomic mass is 10.3. The molecule has 3 heterocycles. The van der Waals surface area contributed by atoms with Crippen LogP contribution in [0.1, 0.15) is 35.9 Å². The van der Waals surface area contributed by atoms with Crippen molar-refractivity contribution in [3.63, 3.8) is 0 Å². The average molecular weight is 392 g/mol. The monoisotopic (exact) mass is 391 g/mol. The number of nitrogens with one attached hydrogen (secondary N) is 1. The second kappa shape index (κ2) is 7.62. The summed E-state index contributed by atoms with van der Waals surface area (Å²) in [4.78, 5) is 23.3. The van der Waals surface area contributed by atoms with E-state index >= 15 is 0 Å². The molecular formula is C16H18ClN7O3. The summed E-state index contributed by atoms with van der Waals surface area (Å²) in [5, 5.41) is 24.2. The highest BCUT2D eigenvalue weighted by molar-refractivity contribution is 6.33. The summed E-state index contributed by atoms with van der Waals surface area (Å²) in [6.07, 6.45) is 6.70. The van der Waals surface area contributed by atoms with E-state index in [0.29, 0.717) is 11.6 Å². The van der Waals surface area contributed by atoms with E-state index in [2.05, 4.69) is 20.6 Å². The summed E-state index contributed by atoms with van der Waals surface area (Å²) in [5.41, 5.74) is 0.824. The molecule has 3 aromatic heterocycles. The Kier molecular flexibility index (Phi) is 5.26. The lowest BCUT2D eigenvalue weighted by Gasteiger charge is -2.11. The molecule has 0 fully saturated rings. The van der Waals surface area contributed by atoms with Crippen LogP contribution in [0.15, 0.2) is 30.9 Å². The molecule has 0 aliphatic rings. The zero-order valence-corrected chi connectivity index (χ0v) is 15.5. The Bertz CT molecular complexity index is 974. The number of nitrogens with zero attached hydrogens (tertiary/aromatic N) is 6. The molecule has 0 aliphatic carbocycles. The molecule has 2 N–H and O–H groups in total. The highest BCUT2D eigenvalue weighted by atomic mass is 35.5. The zero-order valence-electron chi connectivity index (χ0n) is 14.7. The molecule has 27 heavy (non-hydrogen) atoms. The molecular weight excluding hydrogens is 374 g/mol. The number of halogens is 1. The van der Waals surface area contributed by atoms with Crippen LogP contribution in [0.2, 0.25) is 5.02 Å². The second-order valence-corrected chi connectivity index (χ2v) is 6.29. The molecule has 3 rings (SSSR count). The van der Waals surface area contributed by atoms with Crippen LogP contribution in [0.5, 0.6) is 0 Å². The fourth-order valence-electron chi connectivity index (χ4n) is 2.42. The number of rotatable bonds is 7. The SMILES string of the molecule is CCn1cc(Cn2cc(Cl)c(NC(=O)C(C)n3ccc(C(=O)O)n3)n2)cn1. The maximum Gasteiger partial charge on any atom is 0.356 e. The summed E-state index contributed by atoms with van der Waals surface area (Å²) in [6, 6.07) is 0.590. The van der Waals surface area contributed by atoms with E-state index in [1.54, 1.807) is 28.7 Å². The Labute approximate surface area is 159 Å². The van der Waals surface area contributed by atoms with Gasteiger partial charge in [-0.1, -0.05) is 11.6 Å².